The standard InChI is InChI=1S/C76H148O17P2/c1-6-9-12-15-18-20-22-24-26-27-28-29-30-32-34-36-41-46-51-56-61-75(80)93-72(66-87-74(79)60-55-50-45-40-35-33-31-25-23-21-19-16-13-10-7-2)68-91-95(84,85)89-64-70(77)63-88-94(82,83)90-67-71(65-86-73(78)59-54-49-43-17-14-11-8-3)92-76(81)62-57-52-47-42-38-37-39-44-48-53-58-69(4)5/h69-72,77H,6-68H2,1-5H3,(H,82,83)(H,84,85)/t70-,71+,72+/m0/s1. The Morgan fingerprint density at radius 1 is 0.284 bits per heavy atom. The molecule has 0 rings (SSSR count). The van der Waals surface area contributed by atoms with Gasteiger partial charge in [-0.1, -0.05) is 349 Å². The molecule has 0 spiro atoms. The molecule has 0 bridgehead atoms. The summed E-state index contributed by atoms with van der Waals surface area (Å²) in [5.41, 5.74) is 0. The maximum absolute atomic E-state index is 13.1. The molecule has 0 fully saturated rings. The molecule has 0 radical (unpaired) electrons. The Morgan fingerprint density at radius 3 is 0.716 bits per heavy atom. The minimum absolute atomic E-state index is 0.106. The first-order chi connectivity index (χ1) is 46.0. The number of aliphatic hydroxyl groups is 1. The van der Waals surface area contributed by atoms with Gasteiger partial charge >= 0.3 is 39.5 Å². The summed E-state index contributed by atoms with van der Waals surface area (Å²) in [4.78, 5) is 72.7. The van der Waals surface area contributed by atoms with Crippen molar-refractivity contribution >= 4 is 39.5 Å². The van der Waals surface area contributed by atoms with Crippen LogP contribution in [0.3, 0.4) is 0 Å². The molecule has 0 aromatic carbocycles. The second-order valence-electron chi connectivity index (χ2n) is 27.9. The van der Waals surface area contributed by atoms with E-state index in [4.69, 9.17) is 37.0 Å². The van der Waals surface area contributed by atoms with Gasteiger partial charge in [0.05, 0.1) is 26.4 Å². The van der Waals surface area contributed by atoms with Crippen molar-refractivity contribution in [1.82, 2.24) is 0 Å². The number of aliphatic hydroxyl groups excluding tert-OH is 1. The first-order valence-corrected chi connectivity index (χ1v) is 42.6. The average molecular weight is 1400 g/mol. The average Bonchev–Trinajstić information content (AvgIpc) is 1.64. The Labute approximate surface area is 581 Å². The Kier molecular flexibility index (Phi) is 67.7. The number of hydrogen-bond acceptors (Lipinski definition) is 15. The fourth-order valence-electron chi connectivity index (χ4n) is 11.7. The van der Waals surface area contributed by atoms with E-state index in [0.29, 0.717) is 25.7 Å². The smallest absolute Gasteiger partial charge is 0.462 e. The van der Waals surface area contributed by atoms with Crippen molar-refractivity contribution in [2.45, 2.75) is 419 Å². The highest BCUT2D eigenvalue weighted by Gasteiger charge is 2.30. The van der Waals surface area contributed by atoms with Crippen LogP contribution in [0, 0.1) is 5.92 Å². The Hall–Kier alpha value is -1.94. The van der Waals surface area contributed by atoms with E-state index in [0.717, 1.165) is 109 Å². The van der Waals surface area contributed by atoms with Gasteiger partial charge in [0, 0.05) is 25.7 Å². The Balaban J connectivity index is 5.18. The van der Waals surface area contributed by atoms with Crippen molar-refractivity contribution in [2.75, 3.05) is 39.6 Å². The molecule has 19 heteroatoms. The molecule has 0 aliphatic rings. The van der Waals surface area contributed by atoms with Gasteiger partial charge < -0.3 is 33.8 Å². The lowest BCUT2D eigenvalue weighted by Gasteiger charge is -2.21. The van der Waals surface area contributed by atoms with Crippen LogP contribution in [0.2, 0.25) is 0 Å². The molecule has 2 unspecified atom stereocenters. The van der Waals surface area contributed by atoms with E-state index >= 15 is 0 Å². The first kappa shape index (κ1) is 93.1. The third-order valence-electron chi connectivity index (χ3n) is 17.8. The van der Waals surface area contributed by atoms with Gasteiger partial charge in [-0.15, -0.1) is 0 Å². The molecule has 0 amide bonds. The van der Waals surface area contributed by atoms with Gasteiger partial charge in [0.1, 0.15) is 19.3 Å². The number of ether oxygens (including phenoxy) is 4. The van der Waals surface area contributed by atoms with Crippen LogP contribution < -0.4 is 0 Å². The summed E-state index contributed by atoms with van der Waals surface area (Å²) < 4.78 is 68.4. The van der Waals surface area contributed by atoms with E-state index in [2.05, 4.69) is 34.6 Å². The van der Waals surface area contributed by atoms with Crippen LogP contribution in [0.1, 0.15) is 401 Å². The van der Waals surface area contributed by atoms with Gasteiger partial charge in [-0.3, -0.25) is 37.3 Å². The molecule has 95 heavy (non-hydrogen) atoms. The van der Waals surface area contributed by atoms with Gasteiger partial charge in [0.2, 0.25) is 0 Å². The van der Waals surface area contributed by atoms with Crippen molar-refractivity contribution in [3.63, 3.8) is 0 Å². The van der Waals surface area contributed by atoms with E-state index < -0.39 is 97.5 Å². The van der Waals surface area contributed by atoms with Crippen LogP contribution in [0.25, 0.3) is 0 Å². The molecule has 0 aromatic rings. The lowest BCUT2D eigenvalue weighted by Crippen LogP contribution is -2.30. The fraction of sp³-hybridized carbons (Fsp3) is 0.947. The van der Waals surface area contributed by atoms with Crippen LogP contribution in [0.15, 0.2) is 0 Å². The summed E-state index contributed by atoms with van der Waals surface area (Å²) in [5, 5.41) is 10.6. The lowest BCUT2D eigenvalue weighted by molar-refractivity contribution is -0.161. The minimum Gasteiger partial charge on any atom is -0.462 e. The lowest BCUT2D eigenvalue weighted by atomic mass is 10.0. The first-order valence-electron chi connectivity index (χ1n) is 39.6. The minimum atomic E-state index is -4.96. The predicted molar refractivity (Wildman–Crippen MR) is 386 cm³/mol. The number of phosphoric acid groups is 2. The van der Waals surface area contributed by atoms with Gasteiger partial charge in [-0.25, -0.2) is 9.13 Å². The molecule has 0 saturated heterocycles. The van der Waals surface area contributed by atoms with Crippen molar-refractivity contribution in [3.8, 4) is 0 Å². The normalized spacial score (nSPS) is 13.9. The highest BCUT2D eigenvalue weighted by molar-refractivity contribution is 7.47. The predicted octanol–water partition coefficient (Wildman–Crippen LogP) is 22.5. The fourth-order valence-corrected chi connectivity index (χ4v) is 13.3. The third kappa shape index (κ3) is 70.3. The van der Waals surface area contributed by atoms with Crippen molar-refractivity contribution in [1.29, 1.82) is 0 Å². The zero-order valence-electron chi connectivity index (χ0n) is 61.8. The summed E-state index contributed by atoms with van der Waals surface area (Å²) in [7, 11) is -9.90. The van der Waals surface area contributed by atoms with E-state index in [1.165, 1.54) is 212 Å². The number of esters is 4. The monoisotopic (exact) mass is 1400 g/mol. The molecule has 0 heterocycles. The molecule has 5 atom stereocenters. The third-order valence-corrected chi connectivity index (χ3v) is 19.7. The molecule has 3 N–H and O–H groups in total. The SMILES string of the molecule is CCCCCCCCCCCCCCCCCCCCCCC(=O)O[C@H](COC(=O)CCCCCCCCCCCCCCCCC)COP(=O)(O)OC[C@@H](O)COP(=O)(O)OC[C@@H](COC(=O)CCCCCCCCC)OC(=O)CCCCCCCCCCCCC(C)C. The van der Waals surface area contributed by atoms with Crippen LogP contribution >= 0.6 is 15.6 Å². The molecule has 0 aromatic heterocycles. The Bertz CT molecular complexity index is 1820. The number of carbonyl (C=O) groups is 4. The van der Waals surface area contributed by atoms with Gasteiger partial charge in [0.25, 0.3) is 0 Å². The molecular formula is C76H148O17P2. The summed E-state index contributed by atoms with van der Waals surface area (Å²) in [5.74, 6) is -1.37. The molecule has 0 saturated carbocycles. The van der Waals surface area contributed by atoms with Crippen LogP contribution in [0.5, 0.6) is 0 Å². The van der Waals surface area contributed by atoms with Crippen molar-refractivity contribution in [2.24, 2.45) is 5.92 Å². The highest BCUT2D eigenvalue weighted by atomic mass is 31.2. The van der Waals surface area contributed by atoms with Crippen LogP contribution in [-0.4, -0.2) is 96.7 Å². The second-order valence-corrected chi connectivity index (χ2v) is 30.8. The molecule has 0 aliphatic heterocycles. The molecule has 0 aliphatic carbocycles. The van der Waals surface area contributed by atoms with E-state index in [9.17, 15) is 43.2 Å². The number of phosphoric ester groups is 2. The molecule has 564 valence electrons. The topological polar surface area (TPSA) is 237 Å². The zero-order valence-corrected chi connectivity index (χ0v) is 63.6. The maximum atomic E-state index is 13.1. The van der Waals surface area contributed by atoms with Crippen LogP contribution in [0.4, 0.5) is 0 Å². The summed E-state index contributed by atoms with van der Waals surface area (Å²) in [6, 6.07) is 0. The molecular weight excluding hydrogens is 1250 g/mol. The summed E-state index contributed by atoms with van der Waals surface area (Å²) in [6.07, 6.45) is 58.5. The van der Waals surface area contributed by atoms with Crippen LogP contribution in [-0.2, 0) is 65.4 Å². The quantitative estimate of drug-likeness (QED) is 0.0222. The number of hydrogen-bond donors (Lipinski definition) is 3. The number of carbonyl (C=O) groups excluding carboxylic acids is 4. The molecule has 17 nitrogen and oxygen atoms in total. The van der Waals surface area contributed by atoms with Gasteiger partial charge in [-0.05, 0) is 31.6 Å². The largest absolute Gasteiger partial charge is 0.472 e. The highest BCUT2D eigenvalue weighted by Crippen LogP contribution is 2.45. The van der Waals surface area contributed by atoms with Crippen molar-refractivity contribution < 1.29 is 80.2 Å². The second kappa shape index (κ2) is 69.2. The number of unbranched alkanes of at least 4 members (excludes halogenated alkanes) is 48. The van der Waals surface area contributed by atoms with E-state index in [1.54, 1.807) is 0 Å². The summed E-state index contributed by atoms with van der Waals surface area (Å²) in [6.45, 7) is 7.24. The van der Waals surface area contributed by atoms with E-state index in [-0.39, 0.29) is 25.7 Å². The zero-order chi connectivity index (χ0) is 69.8. The summed E-state index contributed by atoms with van der Waals surface area (Å²) >= 11 is 0. The number of rotatable bonds is 76. The van der Waals surface area contributed by atoms with Crippen molar-refractivity contribution in [3.05, 3.63) is 0 Å². The van der Waals surface area contributed by atoms with Gasteiger partial charge in [-0.2, -0.15) is 0 Å². The Morgan fingerprint density at radius 2 is 0.484 bits per heavy atom. The maximum Gasteiger partial charge on any atom is 0.472 e. The van der Waals surface area contributed by atoms with Gasteiger partial charge in [0.15, 0.2) is 12.2 Å². The van der Waals surface area contributed by atoms with E-state index in [1.807, 2.05) is 0 Å².